The van der Waals surface area contributed by atoms with Crippen molar-refractivity contribution in [1.29, 1.82) is 0 Å². The summed E-state index contributed by atoms with van der Waals surface area (Å²) < 4.78 is 0. The van der Waals surface area contributed by atoms with Crippen molar-refractivity contribution in [2.45, 2.75) is 19.4 Å². The van der Waals surface area contributed by atoms with Crippen molar-refractivity contribution in [3.63, 3.8) is 0 Å². The SMILES string of the molecule is C=CC(=O)NC(C)(C)c1cccnc1. The lowest BCUT2D eigenvalue weighted by atomic mass is 9.96. The fraction of sp³-hybridized carbons (Fsp3) is 0.273. The number of aromatic nitrogens is 1. The Labute approximate surface area is 83.9 Å². The molecular formula is C11H14N2O. The molecule has 1 amide bonds. The molecule has 0 aliphatic rings. The summed E-state index contributed by atoms with van der Waals surface area (Å²) in [5.41, 5.74) is 0.551. The third kappa shape index (κ3) is 2.42. The predicted octanol–water partition coefficient (Wildman–Crippen LogP) is 1.62. The second kappa shape index (κ2) is 4.05. The summed E-state index contributed by atoms with van der Waals surface area (Å²) in [7, 11) is 0. The van der Waals surface area contributed by atoms with Gasteiger partial charge < -0.3 is 5.32 Å². The highest BCUT2D eigenvalue weighted by Crippen LogP contribution is 2.18. The highest BCUT2D eigenvalue weighted by molar-refractivity contribution is 5.87. The van der Waals surface area contributed by atoms with Gasteiger partial charge in [0.2, 0.25) is 5.91 Å². The maximum Gasteiger partial charge on any atom is 0.244 e. The number of carbonyl (C=O) groups is 1. The maximum absolute atomic E-state index is 11.2. The first-order chi connectivity index (χ1) is 6.56. The van der Waals surface area contributed by atoms with Crippen LogP contribution in [0.2, 0.25) is 0 Å². The van der Waals surface area contributed by atoms with Crippen LogP contribution >= 0.6 is 0 Å². The Kier molecular flexibility index (Phi) is 3.02. The van der Waals surface area contributed by atoms with Crippen molar-refractivity contribution in [1.82, 2.24) is 10.3 Å². The standard InChI is InChI=1S/C11H14N2O/c1-4-10(14)13-11(2,3)9-6-5-7-12-8-9/h4-8H,1H2,2-3H3,(H,13,14). The third-order valence-electron chi connectivity index (χ3n) is 2.00. The molecule has 0 unspecified atom stereocenters. The number of amides is 1. The van der Waals surface area contributed by atoms with Gasteiger partial charge in [0.15, 0.2) is 0 Å². The van der Waals surface area contributed by atoms with E-state index in [4.69, 9.17) is 0 Å². The third-order valence-corrected chi connectivity index (χ3v) is 2.00. The van der Waals surface area contributed by atoms with Crippen molar-refractivity contribution in [2.24, 2.45) is 0 Å². The van der Waals surface area contributed by atoms with E-state index in [0.29, 0.717) is 0 Å². The lowest BCUT2D eigenvalue weighted by molar-refractivity contribution is -0.118. The minimum absolute atomic E-state index is 0.182. The lowest BCUT2D eigenvalue weighted by Gasteiger charge is -2.25. The quantitative estimate of drug-likeness (QED) is 0.736. The van der Waals surface area contributed by atoms with Gasteiger partial charge in [-0.05, 0) is 31.6 Å². The van der Waals surface area contributed by atoms with Crippen LogP contribution < -0.4 is 5.32 Å². The number of nitrogens with zero attached hydrogens (tertiary/aromatic N) is 1. The van der Waals surface area contributed by atoms with Gasteiger partial charge in [-0.3, -0.25) is 9.78 Å². The molecule has 1 heterocycles. The van der Waals surface area contributed by atoms with Crippen LogP contribution in [-0.4, -0.2) is 10.9 Å². The summed E-state index contributed by atoms with van der Waals surface area (Å²) in [6, 6.07) is 3.77. The van der Waals surface area contributed by atoms with Crippen LogP contribution in [0.25, 0.3) is 0 Å². The van der Waals surface area contributed by atoms with Crippen LogP contribution in [0.3, 0.4) is 0 Å². The van der Waals surface area contributed by atoms with Gasteiger partial charge in [-0.1, -0.05) is 12.6 Å². The molecule has 3 heteroatoms. The van der Waals surface area contributed by atoms with Gasteiger partial charge in [0.25, 0.3) is 0 Å². The van der Waals surface area contributed by atoms with E-state index in [0.717, 1.165) is 5.56 Å². The summed E-state index contributed by atoms with van der Waals surface area (Å²) in [6.45, 7) is 7.25. The van der Waals surface area contributed by atoms with E-state index in [1.54, 1.807) is 12.4 Å². The topological polar surface area (TPSA) is 42.0 Å². The first-order valence-electron chi connectivity index (χ1n) is 4.41. The highest BCUT2D eigenvalue weighted by Gasteiger charge is 2.21. The fourth-order valence-electron chi connectivity index (χ4n) is 1.16. The second-order valence-electron chi connectivity index (χ2n) is 3.56. The second-order valence-corrected chi connectivity index (χ2v) is 3.56. The molecule has 1 rings (SSSR count). The molecule has 74 valence electrons. The summed E-state index contributed by atoms with van der Waals surface area (Å²) in [4.78, 5) is 15.2. The monoisotopic (exact) mass is 190 g/mol. The molecule has 1 aromatic heterocycles. The Morgan fingerprint density at radius 1 is 1.64 bits per heavy atom. The van der Waals surface area contributed by atoms with Gasteiger partial charge in [0, 0.05) is 12.4 Å². The summed E-state index contributed by atoms with van der Waals surface area (Å²) in [6.07, 6.45) is 4.70. The summed E-state index contributed by atoms with van der Waals surface area (Å²) in [5.74, 6) is -0.182. The van der Waals surface area contributed by atoms with Crippen LogP contribution in [0.15, 0.2) is 37.2 Å². The number of hydrogen-bond acceptors (Lipinski definition) is 2. The molecule has 1 N–H and O–H groups in total. The van der Waals surface area contributed by atoms with E-state index in [1.165, 1.54) is 6.08 Å². The van der Waals surface area contributed by atoms with Crippen LogP contribution in [0.4, 0.5) is 0 Å². The molecule has 0 fully saturated rings. The smallest absolute Gasteiger partial charge is 0.244 e. The fourth-order valence-corrected chi connectivity index (χ4v) is 1.16. The molecule has 0 bridgehead atoms. The average Bonchev–Trinajstić information content (AvgIpc) is 2.18. The van der Waals surface area contributed by atoms with Crippen molar-refractivity contribution in [3.05, 3.63) is 42.7 Å². The van der Waals surface area contributed by atoms with Crippen molar-refractivity contribution < 1.29 is 4.79 Å². The normalized spacial score (nSPS) is 10.7. The first-order valence-corrected chi connectivity index (χ1v) is 4.41. The maximum atomic E-state index is 11.2. The Balaban J connectivity index is 2.85. The Morgan fingerprint density at radius 3 is 2.86 bits per heavy atom. The molecule has 0 spiro atoms. The van der Waals surface area contributed by atoms with Gasteiger partial charge in [0.1, 0.15) is 0 Å². The number of hydrogen-bond donors (Lipinski definition) is 1. The van der Waals surface area contributed by atoms with E-state index in [1.807, 2.05) is 26.0 Å². The molecule has 0 aliphatic carbocycles. The minimum Gasteiger partial charge on any atom is -0.344 e. The zero-order valence-corrected chi connectivity index (χ0v) is 8.45. The van der Waals surface area contributed by atoms with Gasteiger partial charge in [-0.15, -0.1) is 0 Å². The molecule has 14 heavy (non-hydrogen) atoms. The number of carbonyl (C=O) groups excluding carboxylic acids is 1. The molecular weight excluding hydrogens is 176 g/mol. The molecule has 0 atom stereocenters. The van der Waals surface area contributed by atoms with Crippen LogP contribution in [0.5, 0.6) is 0 Å². The summed E-state index contributed by atoms with van der Waals surface area (Å²) >= 11 is 0. The summed E-state index contributed by atoms with van der Waals surface area (Å²) in [5, 5.41) is 2.83. The van der Waals surface area contributed by atoms with Crippen LogP contribution in [0, 0.1) is 0 Å². The van der Waals surface area contributed by atoms with Crippen molar-refractivity contribution in [3.8, 4) is 0 Å². The highest BCUT2D eigenvalue weighted by atomic mass is 16.1. The lowest BCUT2D eigenvalue weighted by Crippen LogP contribution is -2.40. The molecule has 0 saturated carbocycles. The van der Waals surface area contributed by atoms with E-state index in [-0.39, 0.29) is 5.91 Å². The Bertz CT molecular complexity index is 330. The largest absolute Gasteiger partial charge is 0.344 e. The molecule has 0 saturated heterocycles. The number of rotatable bonds is 3. The van der Waals surface area contributed by atoms with E-state index in [2.05, 4.69) is 16.9 Å². The number of pyridine rings is 1. The van der Waals surface area contributed by atoms with E-state index in [9.17, 15) is 4.79 Å². The van der Waals surface area contributed by atoms with Gasteiger partial charge >= 0.3 is 0 Å². The number of nitrogens with one attached hydrogen (secondary N) is 1. The molecule has 1 aromatic rings. The zero-order chi connectivity index (χ0) is 10.6. The van der Waals surface area contributed by atoms with Gasteiger partial charge in [-0.25, -0.2) is 0 Å². The average molecular weight is 190 g/mol. The van der Waals surface area contributed by atoms with Gasteiger partial charge in [-0.2, -0.15) is 0 Å². The van der Waals surface area contributed by atoms with E-state index < -0.39 is 5.54 Å². The van der Waals surface area contributed by atoms with Crippen molar-refractivity contribution >= 4 is 5.91 Å². The molecule has 0 aromatic carbocycles. The zero-order valence-electron chi connectivity index (χ0n) is 8.45. The molecule has 3 nitrogen and oxygen atoms in total. The minimum atomic E-state index is -0.417. The molecule has 0 radical (unpaired) electrons. The molecule has 0 aliphatic heterocycles. The Morgan fingerprint density at radius 2 is 2.36 bits per heavy atom. The first kappa shape index (κ1) is 10.4. The predicted molar refractivity (Wildman–Crippen MR) is 55.6 cm³/mol. The van der Waals surface area contributed by atoms with Crippen molar-refractivity contribution in [2.75, 3.05) is 0 Å². The van der Waals surface area contributed by atoms with E-state index >= 15 is 0 Å². The Hall–Kier alpha value is -1.64. The van der Waals surface area contributed by atoms with Crippen LogP contribution in [-0.2, 0) is 10.3 Å². The van der Waals surface area contributed by atoms with Gasteiger partial charge in [0.05, 0.1) is 5.54 Å². The van der Waals surface area contributed by atoms with Crippen LogP contribution in [0.1, 0.15) is 19.4 Å².